The second-order valence-electron chi connectivity index (χ2n) is 4.40. The van der Waals surface area contributed by atoms with Crippen LogP contribution in [0.15, 0.2) is 51.8 Å². The number of carbonyl (C=O) groups excluding carboxylic acids is 1. The number of thioether (sulfide) groups is 1. The summed E-state index contributed by atoms with van der Waals surface area (Å²) in [5.41, 5.74) is 1.25. The number of fused-ring (bicyclic) bond motifs is 1. The van der Waals surface area contributed by atoms with E-state index in [0.717, 1.165) is 16.3 Å². The lowest BCUT2D eigenvalue weighted by Gasteiger charge is -2.29. The highest BCUT2D eigenvalue weighted by Gasteiger charge is 2.25. The van der Waals surface area contributed by atoms with E-state index in [-0.39, 0.29) is 5.91 Å². The van der Waals surface area contributed by atoms with E-state index >= 15 is 0 Å². The fourth-order valence-corrected chi connectivity index (χ4v) is 3.60. The second kappa shape index (κ2) is 5.58. The molecule has 20 heavy (non-hydrogen) atoms. The lowest BCUT2D eigenvalue weighted by molar-refractivity contribution is 0.0986. The van der Waals surface area contributed by atoms with Crippen molar-refractivity contribution < 1.29 is 9.18 Å². The summed E-state index contributed by atoms with van der Waals surface area (Å²) in [7, 11) is 0. The number of nitrogens with zero attached hydrogens (tertiary/aromatic N) is 1. The molecule has 0 saturated carbocycles. The molecule has 0 bridgehead atoms. The maximum absolute atomic E-state index is 13.4. The van der Waals surface area contributed by atoms with Crippen LogP contribution in [-0.4, -0.2) is 18.2 Å². The molecular weight excluding hydrogens is 341 g/mol. The van der Waals surface area contributed by atoms with Crippen molar-refractivity contribution >= 4 is 39.3 Å². The van der Waals surface area contributed by atoms with Crippen LogP contribution in [0.2, 0.25) is 0 Å². The Morgan fingerprint density at radius 2 is 2.05 bits per heavy atom. The summed E-state index contributed by atoms with van der Waals surface area (Å²) in [6.45, 7) is 0.628. The fraction of sp³-hybridized carbons (Fsp3) is 0.133. The molecule has 3 rings (SSSR count). The number of amides is 1. The van der Waals surface area contributed by atoms with Crippen molar-refractivity contribution in [2.45, 2.75) is 4.90 Å². The first kappa shape index (κ1) is 13.6. The minimum Gasteiger partial charge on any atom is -0.306 e. The van der Waals surface area contributed by atoms with Gasteiger partial charge in [-0.25, -0.2) is 4.39 Å². The van der Waals surface area contributed by atoms with Gasteiger partial charge < -0.3 is 4.90 Å². The summed E-state index contributed by atoms with van der Waals surface area (Å²) >= 11 is 5.05. The van der Waals surface area contributed by atoms with E-state index < -0.39 is 5.82 Å². The predicted molar refractivity (Wildman–Crippen MR) is 82.9 cm³/mol. The Morgan fingerprint density at radius 1 is 1.25 bits per heavy atom. The van der Waals surface area contributed by atoms with Crippen LogP contribution in [0.1, 0.15) is 10.4 Å². The summed E-state index contributed by atoms with van der Waals surface area (Å²) in [6.07, 6.45) is 0. The lowest BCUT2D eigenvalue weighted by Crippen LogP contribution is -2.35. The molecule has 0 N–H and O–H groups in total. The molecule has 102 valence electrons. The van der Waals surface area contributed by atoms with Crippen LogP contribution in [0.4, 0.5) is 10.1 Å². The molecule has 2 aromatic rings. The SMILES string of the molecule is O=C(c1cc(F)ccc1Br)N1CCSc2ccccc21. The average molecular weight is 352 g/mol. The van der Waals surface area contributed by atoms with Gasteiger partial charge in [-0.3, -0.25) is 4.79 Å². The number of hydrogen-bond donors (Lipinski definition) is 0. The number of carbonyl (C=O) groups is 1. The zero-order chi connectivity index (χ0) is 14.1. The zero-order valence-corrected chi connectivity index (χ0v) is 12.9. The van der Waals surface area contributed by atoms with Crippen LogP contribution in [-0.2, 0) is 0 Å². The summed E-state index contributed by atoms with van der Waals surface area (Å²) in [5.74, 6) is 0.260. The third kappa shape index (κ3) is 2.47. The van der Waals surface area contributed by atoms with Crippen molar-refractivity contribution in [1.82, 2.24) is 0 Å². The van der Waals surface area contributed by atoms with Gasteiger partial charge in [0.1, 0.15) is 5.82 Å². The van der Waals surface area contributed by atoms with E-state index in [1.54, 1.807) is 22.7 Å². The predicted octanol–water partition coefficient (Wildman–Crippen LogP) is 4.34. The standard InChI is InChI=1S/C15H11BrFNOS/c16-12-6-5-10(17)9-11(12)15(19)18-7-8-20-14-4-2-1-3-13(14)18/h1-6,9H,7-8H2. The van der Waals surface area contributed by atoms with Crippen molar-refractivity contribution in [2.75, 3.05) is 17.2 Å². The molecule has 5 heteroatoms. The van der Waals surface area contributed by atoms with Gasteiger partial charge in [0.2, 0.25) is 0 Å². The summed E-state index contributed by atoms with van der Waals surface area (Å²) in [5, 5.41) is 0. The molecule has 0 spiro atoms. The Morgan fingerprint density at radius 3 is 2.90 bits per heavy atom. The molecule has 1 heterocycles. The maximum Gasteiger partial charge on any atom is 0.259 e. The van der Waals surface area contributed by atoms with Crippen LogP contribution in [0.3, 0.4) is 0 Å². The molecule has 0 aromatic heterocycles. The number of anilines is 1. The number of rotatable bonds is 1. The first-order valence-corrected chi connectivity index (χ1v) is 7.93. The highest BCUT2D eigenvalue weighted by atomic mass is 79.9. The van der Waals surface area contributed by atoms with Crippen molar-refractivity contribution in [3.8, 4) is 0 Å². The van der Waals surface area contributed by atoms with Crippen LogP contribution >= 0.6 is 27.7 Å². The zero-order valence-electron chi connectivity index (χ0n) is 10.5. The molecule has 1 aliphatic heterocycles. The average Bonchev–Trinajstić information content (AvgIpc) is 2.48. The van der Waals surface area contributed by atoms with E-state index in [9.17, 15) is 9.18 Å². The first-order chi connectivity index (χ1) is 9.66. The van der Waals surface area contributed by atoms with Gasteiger partial charge in [-0.15, -0.1) is 11.8 Å². The Bertz CT molecular complexity index is 677. The van der Waals surface area contributed by atoms with E-state index in [1.807, 2.05) is 24.3 Å². The summed E-state index contributed by atoms with van der Waals surface area (Å²) in [6, 6.07) is 12.0. The Hall–Kier alpha value is -1.33. The van der Waals surface area contributed by atoms with Crippen molar-refractivity contribution in [2.24, 2.45) is 0 Å². The van der Waals surface area contributed by atoms with Crippen LogP contribution < -0.4 is 4.90 Å². The largest absolute Gasteiger partial charge is 0.306 e. The highest BCUT2D eigenvalue weighted by molar-refractivity contribution is 9.10. The molecule has 2 nitrogen and oxygen atoms in total. The van der Waals surface area contributed by atoms with Crippen molar-refractivity contribution in [3.63, 3.8) is 0 Å². The highest BCUT2D eigenvalue weighted by Crippen LogP contribution is 2.35. The molecule has 0 aliphatic carbocycles. The molecule has 0 unspecified atom stereocenters. The van der Waals surface area contributed by atoms with Crippen LogP contribution in [0, 0.1) is 5.82 Å². The van der Waals surface area contributed by atoms with Gasteiger partial charge in [-0.1, -0.05) is 12.1 Å². The minimum atomic E-state index is -0.406. The van der Waals surface area contributed by atoms with Gasteiger partial charge in [0, 0.05) is 21.7 Å². The lowest BCUT2D eigenvalue weighted by atomic mass is 10.1. The molecule has 0 saturated heterocycles. The molecule has 1 amide bonds. The van der Waals surface area contributed by atoms with E-state index in [4.69, 9.17) is 0 Å². The smallest absolute Gasteiger partial charge is 0.259 e. The topological polar surface area (TPSA) is 20.3 Å². The van der Waals surface area contributed by atoms with E-state index in [2.05, 4.69) is 15.9 Å². The van der Waals surface area contributed by atoms with E-state index in [0.29, 0.717) is 16.6 Å². The Labute approximate surface area is 129 Å². The maximum atomic E-state index is 13.4. The minimum absolute atomic E-state index is 0.177. The summed E-state index contributed by atoms with van der Waals surface area (Å²) in [4.78, 5) is 15.5. The Kier molecular flexibility index (Phi) is 3.81. The number of halogens is 2. The molecule has 0 atom stereocenters. The van der Waals surface area contributed by atoms with Crippen molar-refractivity contribution in [3.05, 3.63) is 58.3 Å². The monoisotopic (exact) mass is 351 g/mol. The third-order valence-corrected chi connectivity index (χ3v) is 4.87. The molecule has 0 fully saturated rings. The van der Waals surface area contributed by atoms with Gasteiger partial charge in [0.25, 0.3) is 5.91 Å². The summed E-state index contributed by atoms with van der Waals surface area (Å²) < 4.78 is 14.0. The van der Waals surface area contributed by atoms with Crippen molar-refractivity contribution in [1.29, 1.82) is 0 Å². The number of benzene rings is 2. The molecule has 0 radical (unpaired) electrons. The van der Waals surface area contributed by atoms with Gasteiger partial charge in [-0.2, -0.15) is 0 Å². The third-order valence-electron chi connectivity index (χ3n) is 3.13. The fourth-order valence-electron chi connectivity index (χ4n) is 2.19. The number of hydrogen-bond acceptors (Lipinski definition) is 2. The molecule has 1 aliphatic rings. The van der Waals surface area contributed by atoms with Gasteiger partial charge in [0.15, 0.2) is 0 Å². The molecular formula is C15H11BrFNOS. The first-order valence-electron chi connectivity index (χ1n) is 6.15. The van der Waals surface area contributed by atoms with E-state index in [1.165, 1.54) is 12.1 Å². The van der Waals surface area contributed by atoms with Crippen LogP contribution in [0.25, 0.3) is 0 Å². The van der Waals surface area contributed by atoms with Gasteiger partial charge in [0.05, 0.1) is 11.3 Å². The second-order valence-corrected chi connectivity index (χ2v) is 6.39. The normalized spacial score (nSPS) is 14.0. The van der Waals surface area contributed by atoms with Gasteiger partial charge in [-0.05, 0) is 46.3 Å². The van der Waals surface area contributed by atoms with Gasteiger partial charge >= 0.3 is 0 Å². The van der Waals surface area contributed by atoms with Crippen LogP contribution in [0.5, 0.6) is 0 Å². The Balaban J connectivity index is 2.02. The number of para-hydroxylation sites is 1. The quantitative estimate of drug-likeness (QED) is 0.761. The molecule has 2 aromatic carbocycles.